The van der Waals surface area contributed by atoms with Crippen LogP contribution in [-0.2, 0) is 0 Å². The van der Waals surface area contributed by atoms with E-state index in [9.17, 15) is 0 Å². The molecule has 0 aliphatic heterocycles. The van der Waals surface area contributed by atoms with E-state index in [1.807, 2.05) is 19.1 Å². The molecule has 13 heavy (non-hydrogen) atoms. The molecule has 0 radical (unpaired) electrons. The summed E-state index contributed by atoms with van der Waals surface area (Å²) >= 11 is 0. The Balaban J connectivity index is 2.53. The van der Waals surface area contributed by atoms with Crippen LogP contribution >= 0.6 is 0 Å². The maximum Gasteiger partial charge on any atom is 0.120 e. The first kappa shape index (κ1) is 10.3. The first-order valence-electron chi connectivity index (χ1n) is 4.68. The summed E-state index contributed by atoms with van der Waals surface area (Å²) in [6.45, 7) is 4.19. The first-order valence-corrected chi connectivity index (χ1v) is 4.68. The molecule has 1 aromatic rings. The Morgan fingerprint density at radius 3 is 2.85 bits per heavy atom. The predicted octanol–water partition coefficient (Wildman–Crippen LogP) is 1.70. The van der Waals surface area contributed by atoms with E-state index in [0.29, 0.717) is 0 Å². The van der Waals surface area contributed by atoms with E-state index in [2.05, 4.69) is 12.2 Å². The molecule has 1 rings (SSSR count). The summed E-state index contributed by atoms with van der Waals surface area (Å²) in [5, 5.41) is 12.2. The highest BCUT2D eigenvalue weighted by Gasteiger charge is 2.13. The van der Waals surface area contributed by atoms with Crippen molar-refractivity contribution in [1.29, 1.82) is 0 Å². The standard InChI is InChI=1S/C10H17NO2/c1-3-9(11-8(2)7-12)10-5-4-6-13-10/h4-6,8-9,11-12H,3,7H2,1-2H3/t8-,9?/m1/s1. The summed E-state index contributed by atoms with van der Waals surface area (Å²) in [6.07, 6.45) is 2.63. The quantitative estimate of drug-likeness (QED) is 0.730. The minimum absolute atomic E-state index is 0.107. The third-order valence-electron chi connectivity index (χ3n) is 2.05. The predicted molar refractivity (Wildman–Crippen MR) is 51.4 cm³/mol. The Hall–Kier alpha value is -0.800. The fourth-order valence-corrected chi connectivity index (χ4v) is 1.29. The van der Waals surface area contributed by atoms with Crippen LogP contribution in [0.5, 0.6) is 0 Å². The summed E-state index contributed by atoms with van der Waals surface area (Å²) in [7, 11) is 0. The topological polar surface area (TPSA) is 45.4 Å². The molecule has 0 fully saturated rings. The molecular weight excluding hydrogens is 166 g/mol. The molecular formula is C10H17NO2. The van der Waals surface area contributed by atoms with Crippen LogP contribution in [0.2, 0.25) is 0 Å². The van der Waals surface area contributed by atoms with Gasteiger partial charge in [-0.15, -0.1) is 0 Å². The number of aliphatic hydroxyl groups is 1. The van der Waals surface area contributed by atoms with E-state index in [1.54, 1.807) is 6.26 Å². The van der Waals surface area contributed by atoms with E-state index < -0.39 is 0 Å². The average Bonchev–Trinajstić information content (AvgIpc) is 2.66. The SMILES string of the molecule is CCC(N[C@H](C)CO)c1ccco1. The average molecular weight is 183 g/mol. The molecule has 1 heterocycles. The Bertz CT molecular complexity index is 221. The molecule has 0 aromatic carbocycles. The molecule has 0 amide bonds. The highest BCUT2D eigenvalue weighted by Crippen LogP contribution is 2.17. The fourth-order valence-electron chi connectivity index (χ4n) is 1.29. The van der Waals surface area contributed by atoms with Crippen molar-refractivity contribution >= 4 is 0 Å². The van der Waals surface area contributed by atoms with Crippen LogP contribution in [0.15, 0.2) is 22.8 Å². The maximum atomic E-state index is 8.88. The molecule has 3 heteroatoms. The van der Waals surface area contributed by atoms with Crippen LogP contribution in [0.4, 0.5) is 0 Å². The Morgan fingerprint density at radius 1 is 1.62 bits per heavy atom. The van der Waals surface area contributed by atoms with Crippen molar-refractivity contribution in [2.75, 3.05) is 6.61 Å². The van der Waals surface area contributed by atoms with Gasteiger partial charge in [0.2, 0.25) is 0 Å². The monoisotopic (exact) mass is 183 g/mol. The zero-order chi connectivity index (χ0) is 9.68. The number of rotatable bonds is 5. The van der Waals surface area contributed by atoms with Crippen LogP contribution in [0.25, 0.3) is 0 Å². The van der Waals surface area contributed by atoms with Gasteiger partial charge in [-0.25, -0.2) is 0 Å². The molecule has 0 aliphatic carbocycles. The van der Waals surface area contributed by atoms with Gasteiger partial charge < -0.3 is 14.8 Å². The second kappa shape index (κ2) is 5.04. The van der Waals surface area contributed by atoms with Crippen molar-refractivity contribution < 1.29 is 9.52 Å². The van der Waals surface area contributed by atoms with Gasteiger partial charge in [-0.3, -0.25) is 0 Å². The number of furan rings is 1. The van der Waals surface area contributed by atoms with Crippen molar-refractivity contribution in [2.45, 2.75) is 32.4 Å². The molecule has 0 spiro atoms. The molecule has 74 valence electrons. The lowest BCUT2D eigenvalue weighted by Gasteiger charge is -2.18. The second-order valence-corrected chi connectivity index (χ2v) is 3.23. The molecule has 0 saturated heterocycles. The Kier molecular flexibility index (Phi) is 3.99. The third kappa shape index (κ3) is 2.86. The van der Waals surface area contributed by atoms with Crippen LogP contribution in [0.3, 0.4) is 0 Å². The van der Waals surface area contributed by atoms with Crippen molar-refractivity contribution in [3.8, 4) is 0 Å². The van der Waals surface area contributed by atoms with Gasteiger partial charge >= 0.3 is 0 Å². The minimum atomic E-state index is 0.107. The lowest BCUT2D eigenvalue weighted by Crippen LogP contribution is -2.32. The van der Waals surface area contributed by atoms with E-state index >= 15 is 0 Å². The van der Waals surface area contributed by atoms with Gasteiger partial charge in [0, 0.05) is 6.04 Å². The number of hydrogen-bond acceptors (Lipinski definition) is 3. The number of aliphatic hydroxyl groups excluding tert-OH is 1. The van der Waals surface area contributed by atoms with Gasteiger partial charge in [0.15, 0.2) is 0 Å². The maximum absolute atomic E-state index is 8.88. The van der Waals surface area contributed by atoms with Crippen LogP contribution in [-0.4, -0.2) is 17.8 Å². The minimum Gasteiger partial charge on any atom is -0.468 e. The van der Waals surface area contributed by atoms with Crippen molar-refractivity contribution in [2.24, 2.45) is 0 Å². The van der Waals surface area contributed by atoms with Crippen molar-refractivity contribution in [3.63, 3.8) is 0 Å². The number of hydrogen-bond donors (Lipinski definition) is 2. The largest absolute Gasteiger partial charge is 0.468 e. The molecule has 0 bridgehead atoms. The fraction of sp³-hybridized carbons (Fsp3) is 0.600. The molecule has 2 atom stereocenters. The highest BCUT2D eigenvalue weighted by atomic mass is 16.3. The Morgan fingerprint density at radius 2 is 2.38 bits per heavy atom. The van der Waals surface area contributed by atoms with E-state index in [1.165, 1.54) is 0 Å². The van der Waals surface area contributed by atoms with Gasteiger partial charge in [0.1, 0.15) is 5.76 Å². The molecule has 1 aromatic heterocycles. The molecule has 0 aliphatic rings. The normalized spacial score (nSPS) is 15.6. The lowest BCUT2D eigenvalue weighted by atomic mass is 10.1. The Labute approximate surface area is 78.8 Å². The van der Waals surface area contributed by atoms with Gasteiger partial charge in [-0.1, -0.05) is 6.92 Å². The molecule has 1 unspecified atom stereocenters. The van der Waals surface area contributed by atoms with Crippen molar-refractivity contribution in [1.82, 2.24) is 5.32 Å². The summed E-state index contributed by atoms with van der Waals surface area (Å²) < 4.78 is 5.29. The number of nitrogens with one attached hydrogen (secondary N) is 1. The van der Waals surface area contributed by atoms with Gasteiger partial charge in [0.25, 0.3) is 0 Å². The summed E-state index contributed by atoms with van der Waals surface area (Å²) in [5.74, 6) is 0.933. The highest BCUT2D eigenvalue weighted by molar-refractivity contribution is 5.04. The van der Waals surface area contributed by atoms with Crippen LogP contribution in [0, 0.1) is 0 Å². The van der Waals surface area contributed by atoms with E-state index in [0.717, 1.165) is 12.2 Å². The zero-order valence-electron chi connectivity index (χ0n) is 8.16. The molecule has 0 saturated carbocycles. The van der Waals surface area contributed by atoms with Crippen molar-refractivity contribution in [3.05, 3.63) is 24.2 Å². The smallest absolute Gasteiger partial charge is 0.120 e. The van der Waals surface area contributed by atoms with Gasteiger partial charge in [-0.2, -0.15) is 0 Å². The summed E-state index contributed by atoms with van der Waals surface area (Å²) in [5.41, 5.74) is 0. The molecule has 3 nitrogen and oxygen atoms in total. The molecule has 2 N–H and O–H groups in total. The van der Waals surface area contributed by atoms with E-state index in [4.69, 9.17) is 9.52 Å². The van der Waals surface area contributed by atoms with Gasteiger partial charge in [-0.05, 0) is 25.5 Å². The van der Waals surface area contributed by atoms with Gasteiger partial charge in [0.05, 0.1) is 18.9 Å². The summed E-state index contributed by atoms with van der Waals surface area (Å²) in [6, 6.07) is 4.14. The third-order valence-corrected chi connectivity index (χ3v) is 2.05. The summed E-state index contributed by atoms with van der Waals surface area (Å²) in [4.78, 5) is 0. The zero-order valence-corrected chi connectivity index (χ0v) is 8.16. The van der Waals surface area contributed by atoms with E-state index in [-0.39, 0.29) is 18.7 Å². The lowest BCUT2D eigenvalue weighted by molar-refractivity contribution is 0.233. The van der Waals surface area contributed by atoms with Crippen LogP contribution in [0.1, 0.15) is 32.1 Å². The second-order valence-electron chi connectivity index (χ2n) is 3.23. The first-order chi connectivity index (χ1) is 6.27. The van der Waals surface area contributed by atoms with Crippen LogP contribution < -0.4 is 5.32 Å².